The maximum Gasteiger partial charge on any atom is 0.294 e. The maximum atomic E-state index is 13.1. The van der Waals surface area contributed by atoms with E-state index in [0.717, 1.165) is 28.7 Å². The molecule has 8 nitrogen and oxygen atoms in total. The first-order valence-corrected chi connectivity index (χ1v) is 10.8. The van der Waals surface area contributed by atoms with Crippen LogP contribution < -0.4 is 16.2 Å². The van der Waals surface area contributed by atoms with Crippen LogP contribution >= 0.6 is 0 Å². The second kappa shape index (κ2) is 8.66. The summed E-state index contributed by atoms with van der Waals surface area (Å²) < 4.78 is 1.59. The van der Waals surface area contributed by atoms with Gasteiger partial charge in [0, 0.05) is 47.4 Å². The molecule has 3 N–H and O–H groups in total. The van der Waals surface area contributed by atoms with Crippen molar-refractivity contribution in [2.45, 2.75) is 31.8 Å². The Balaban J connectivity index is 1.26. The Bertz CT molecular complexity index is 1280. The van der Waals surface area contributed by atoms with Crippen molar-refractivity contribution in [3.05, 3.63) is 88.4 Å². The van der Waals surface area contributed by atoms with Crippen LogP contribution in [0.1, 0.15) is 29.4 Å². The van der Waals surface area contributed by atoms with Crippen molar-refractivity contribution in [3.8, 4) is 0 Å². The molecule has 0 saturated heterocycles. The van der Waals surface area contributed by atoms with Gasteiger partial charge in [-0.05, 0) is 37.0 Å². The molecule has 8 heteroatoms. The zero-order chi connectivity index (χ0) is 21.9. The van der Waals surface area contributed by atoms with Gasteiger partial charge < -0.3 is 15.6 Å². The zero-order valence-electron chi connectivity index (χ0n) is 17.5. The molecule has 4 aromatic rings. The molecular weight excluding hydrogens is 404 g/mol. The molecule has 0 aliphatic carbocycles. The first-order chi connectivity index (χ1) is 15.7. The highest BCUT2D eigenvalue weighted by Crippen LogP contribution is 2.24. The summed E-state index contributed by atoms with van der Waals surface area (Å²) in [5, 5.41) is 7.10. The molecule has 3 aromatic heterocycles. The van der Waals surface area contributed by atoms with Crippen LogP contribution in [0.5, 0.6) is 0 Å². The van der Waals surface area contributed by atoms with Crippen molar-refractivity contribution in [2.24, 2.45) is 0 Å². The first kappa shape index (κ1) is 20.0. The number of nitrogens with zero attached hydrogens (tertiary/aromatic N) is 3. The number of hydrogen-bond donors (Lipinski definition) is 3. The normalized spacial score (nSPS) is 14.9. The van der Waals surface area contributed by atoms with Crippen LogP contribution in [0.4, 0.5) is 5.82 Å². The summed E-state index contributed by atoms with van der Waals surface area (Å²) in [4.78, 5) is 37.7. The highest BCUT2D eigenvalue weighted by Gasteiger charge is 2.30. The number of fused-ring (bicyclic) bond motifs is 2. The minimum absolute atomic E-state index is 0.163. The van der Waals surface area contributed by atoms with Crippen molar-refractivity contribution in [3.63, 3.8) is 0 Å². The number of aryl methyl sites for hydroxylation is 1. The Labute approximate surface area is 184 Å². The summed E-state index contributed by atoms with van der Waals surface area (Å²) in [6, 6.07) is 13.4. The van der Waals surface area contributed by atoms with E-state index in [9.17, 15) is 9.59 Å². The molecule has 1 amide bonds. The zero-order valence-corrected chi connectivity index (χ0v) is 17.5. The lowest BCUT2D eigenvalue weighted by Gasteiger charge is -2.15. The number of hydrogen-bond acceptors (Lipinski definition) is 5. The summed E-state index contributed by atoms with van der Waals surface area (Å²) in [6.07, 6.45) is 7.24. The van der Waals surface area contributed by atoms with Crippen molar-refractivity contribution < 1.29 is 4.79 Å². The Kier molecular flexibility index (Phi) is 5.41. The topological polar surface area (TPSA) is 105 Å². The van der Waals surface area contributed by atoms with E-state index in [1.54, 1.807) is 23.2 Å². The number of aromatic amines is 1. The third-order valence-electron chi connectivity index (χ3n) is 5.84. The van der Waals surface area contributed by atoms with Crippen LogP contribution in [-0.4, -0.2) is 32.0 Å². The van der Waals surface area contributed by atoms with Gasteiger partial charge in [-0.1, -0.05) is 30.3 Å². The maximum absolute atomic E-state index is 13.1. The van der Waals surface area contributed by atoms with Gasteiger partial charge in [0.25, 0.3) is 5.56 Å². The fourth-order valence-corrected chi connectivity index (χ4v) is 4.21. The van der Waals surface area contributed by atoms with Crippen molar-refractivity contribution >= 4 is 22.6 Å². The number of carbonyl (C=O) groups is 1. The van der Waals surface area contributed by atoms with Gasteiger partial charge in [0.15, 0.2) is 5.82 Å². The Morgan fingerprint density at radius 2 is 2.06 bits per heavy atom. The van der Waals surface area contributed by atoms with Gasteiger partial charge in [0.05, 0.1) is 6.54 Å². The Morgan fingerprint density at radius 1 is 1.19 bits per heavy atom. The summed E-state index contributed by atoms with van der Waals surface area (Å²) in [7, 11) is 0. The molecule has 0 radical (unpaired) electrons. The quantitative estimate of drug-likeness (QED) is 0.420. The highest BCUT2D eigenvalue weighted by atomic mass is 16.2. The number of aromatic nitrogens is 4. The fraction of sp³-hybridized carbons (Fsp3) is 0.250. The lowest BCUT2D eigenvalue weighted by Crippen LogP contribution is -2.36. The van der Waals surface area contributed by atoms with Crippen LogP contribution in [0.2, 0.25) is 0 Å². The van der Waals surface area contributed by atoms with Gasteiger partial charge in [0.2, 0.25) is 5.91 Å². The van der Waals surface area contributed by atoms with Crippen LogP contribution in [0.25, 0.3) is 10.9 Å². The number of amides is 1. The number of pyridine rings is 1. The molecule has 1 aliphatic heterocycles. The average Bonchev–Trinajstić information content (AvgIpc) is 3.44. The summed E-state index contributed by atoms with van der Waals surface area (Å²) in [5.41, 5.74) is 3.60. The molecule has 32 heavy (non-hydrogen) atoms. The molecule has 1 aromatic carbocycles. The van der Waals surface area contributed by atoms with Crippen LogP contribution in [0.15, 0.2) is 65.8 Å². The molecule has 0 bridgehead atoms. The van der Waals surface area contributed by atoms with E-state index >= 15 is 0 Å². The molecule has 0 saturated carbocycles. The molecule has 0 spiro atoms. The molecular formula is C24H24N6O2. The van der Waals surface area contributed by atoms with Crippen molar-refractivity contribution in [1.29, 1.82) is 0 Å². The lowest BCUT2D eigenvalue weighted by molar-refractivity contribution is -0.124. The number of nitrogens with one attached hydrogen (secondary N) is 3. The summed E-state index contributed by atoms with van der Waals surface area (Å²) >= 11 is 0. The van der Waals surface area contributed by atoms with E-state index in [1.165, 1.54) is 5.56 Å². The molecule has 1 atom stereocenters. The second-order valence-electron chi connectivity index (χ2n) is 7.97. The van der Waals surface area contributed by atoms with Crippen LogP contribution in [-0.2, 0) is 24.2 Å². The summed E-state index contributed by atoms with van der Waals surface area (Å²) in [6.45, 7) is 0.957. The number of rotatable bonds is 7. The van der Waals surface area contributed by atoms with Gasteiger partial charge in [-0.2, -0.15) is 0 Å². The van der Waals surface area contributed by atoms with Crippen LogP contribution in [0, 0.1) is 0 Å². The number of anilines is 1. The average molecular weight is 428 g/mol. The highest BCUT2D eigenvalue weighted by molar-refractivity contribution is 5.82. The Morgan fingerprint density at radius 3 is 2.91 bits per heavy atom. The van der Waals surface area contributed by atoms with E-state index in [1.807, 2.05) is 30.3 Å². The number of H-pyrrole nitrogens is 1. The van der Waals surface area contributed by atoms with Crippen LogP contribution in [0.3, 0.4) is 0 Å². The standard InChI is InChI=1S/C24H24N6O2/c31-23(28-14-18-12-17-13-25-10-9-20(17)29-18)21-7-6-19-15-27-22(24(32)30(19)21)26-11-8-16-4-2-1-3-5-16/h1-5,9-10,12-13,15,21,29H,6-8,11,14H2,(H,26,27)(H,28,31)/t21-/m0/s1. The molecule has 162 valence electrons. The second-order valence-corrected chi connectivity index (χ2v) is 7.97. The first-order valence-electron chi connectivity index (χ1n) is 10.8. The minimum atomic E-state index is -0.527. The summed E-state index contributed by atoms with van der Waals surface area (Å²) in [5.74, 6) is 0.122. The van der Waals surface area contributed by atoms with E-state index < -0.39 is 6.04 Å². The Hall–Kier alpha value is -3.94. The molecule has 1 aliphatic rings. The lowest BCUT2D eigenvalue weighted by atomic mass is 10.1. The fourth-order valence-electron chi connectivity index (χ4n) is 4.21. The smallest absolute Gasteiger partial charge is 0.294 e. The third-order valence-corrected chi connectivity index (χ3v) is 5.84. The monoisotopic (exact) mass is 428 g/mol. The van der Waals surface area contributed by atoms with Gasteiger partial charge in [-0.25, -0.2) is 4.98 Å². The third kappa shape index (κ3) is 3.99. The number of benzene rings is 1. The van der Waals surface area contributed by atoms with Crippen molar-refractivity contribution in [2.75, 3.05) is 11.9 Å². The molecule has 0 fully saturated rings. The van der Waals surface area contributed by atoms with Crippen molar-refractivity contribution in [1.82, 2.24) is 24.8 Å². The molecule has 4 heterocycles. The minimum Gasteiger partial charge on any atom is -0.365 e. The molecule has 0 unspecified atom stereocenters. The molecule has 5 rings (SSSR count). The predicted octanol–water partition coefficient (Wildman–Crippen LogP) is 2.58. The van der Waals surface area contributed by atoms with Gasteiger partial charge in [0.1, 0.15) is 6.04 Å². The van der Waals surface area contributed by atoms with E-state index in [0.29, 0.717) is 25.9 Å². The van der Waals surface area contributed by atoms with Gasteiger partial charge >= 0.3 is 0 Å². The number of carbonyl (C=O) groups excluding carboxylic acids is 1. The SMILES string of the molecule is O=C(NCc1cc2cnccc2[nH]1)[C@@H]1CCc2cnc(NCCc3ccccc3)c(=O)n21. The van der Waals surface area contributed by atoms with E-state index in [-0.39, 0.29) is 17.3 Å². The largest absolute Gasteiger partial charge is 0.365 e. The van der Waals surface area contributed by atoms with Gasteiger partial charge in [-0.15, -0.1) is 0 Å². The predicted molar refractivity (Wildman–Crippen MR) is 122 cm³/mol. The van der Waals surface area contributed by atoms with Gasteiger partial charge in [-0.3, -0.25) is 19.1 Å². The van der Waals surface area contributed by atoms with E-state index in [2.05, 4.69) is 37.7 Å². The van der Waals surface area contributed by atoms with E-state index in [4.69, 9.17) is 0 Å².